The molecule has 0 heterocycles. The van der Waals surface area contributed by atoms with Crippen molar-refractivity contribution in [3.63, 3.8) is 0 Å². The Kier molecular flexibility index (Phi) is 5.03. The summed E-state index contributed by atoms with van der Waals surface area (Å²) in [5, 5.41) is 30.5. The molecule has 25 heavy (non-hydrogen) atoms. The van der Waals surface area contributed by atoms with Gasteiger partial charge in [-0.3, -0.25) is 25.0 Å². The van der Waals surface area contributed by atoms with Gasteiger partial charge in [-0.05, 0) is 30.3 Å². The molecule has 0 bridgehead atoms. The maximum atomic E-state index is 11.9. The monoisotopic (exact) mass is 346 g/mol. The van der Waals surface area contributed by atoms with Crippen LogP contribution in [0.1, 0.15) is 15.9 Å². The third kappa shape index (κ3) is 4.34. The van der Waals surface area contributed by atoms with Crippen LogP contribution in [0.2, 0.25) is 0 Å². The number of nitro groups is 2. The second kappa shape index (κ2) is 7.17. The van der Waals surface area contributed by atoms with Gasteiger partial charge in [-0.1, -0.05) is 0 Å². The molecule has 0 atom stereocenters. The molecule has 10 heteroatoms. The second-order valence-corrected chi connectivity index (χ2v) is 4.81. The minimum absolute atomic E-state index is 0.00538. The van der Waals surface area contributed by atoms with E-state index in [2.05, 4.69) is 0 Å². The van der Waals surface area contributed by atoms with Crippen molar-refractivity contribution in [2.45, 2.75) is 6.42 Å². The molecule has 0 aliphatic carbocycles. The van der Waals surface area contributed by atoms with Crippen LogP contribution in [0.4, 0.5) is 11.4 Å². The minimum Gasteiger partial charge on any atom is -0.478 e. The Bertz CT molecular complexity index is 860. The molecule has 0 aliphatic rings. The van der Waals surface area contributed by atoms with Gasteiger partial charge in [0.05, 0.1) is 27.9 Å². The van der Waals surface area contributed by atoms with Gasteiger partial charge in [-0.2, -0.15) is 0 Å². The van der Waals surface area contributed by atoms with Crippen LogP contribution < -0.4 is 4.74 Å². The Labute approximate surface area is 139 Å². The lowest BCUT2D eigenvalue weighted by Crippen LogP contribution is -2.12. The lowest BCUT2D eigenvalue weighted by atomic mass is 10.1. The Balaban J connectivity index is 2.15. The zero-order valence-corrected chi connectivity index (χ0v) is 12.4. The molecule has 10 nitrogen and oxygen atoms in total. The SMILES string of the molecule is O=C(Cc1ccc([N+](=O)[O-])cc1[N+](=O)[O-])Oc1ccc(C(=O)O)cc1. The average molecular weight is 346 g/mol. The van der Waals surface area contributed by atoms with Crippen LogP contribution in [-0.2, 0) is 11.2 Å². The van der Waals surface area contributed by atoms with E-state index in [0.29, 0.717) is 0 Å². The van der Waals surface area contributed by atoms with Gasteiger partial charge in [0.1, 0.15) is 5.75 Å². The van der Waals surface area contributed by atoms with Crippen molar-refractivity contribution >= 4 is 23.3 Å². The van der Waals surface area contributed by atoms with E-state index < -0.39 is 39.6 Å². The first kappa shape index (κ1) is 17.5. The fourth-order valence-electron chi connectivity index (χ4n) is 1.97. The molecule has 0 unspecified atom stereocenters. The number of nitrogens with zero attached hydrogens (tertiary/aromatic N) is 2. The number of benzene rings is 2. The summed E-state index contributed by atoms with van der Waals surface area (Å²) in [6, 6.07) is 7.95. The molecule has 0 saturated heterocycles. The molecule has 0 aromatic heterocycles. The van der Waals surface area contributed by atoms with Gasteiger partial charge in [0, 0.05) is 11.6 Å². The van der Waals surface area contributed by atoms with Crippen molar-refractivity contribution in [2.75, 3.05) is 0 Å². The number of esters is 1. The standard InChI is InChI=1S/C15H10N2O8/c18-14(25-12-5-2-9(3-6-12)15(19)20)7-10-1-4-11(16(21)22)8-13(10)17(23)24/h1-6,8H,7H2,(H,19,20). The third-order valence-electron chi connectivity index (χ3n) is 3.14. The second-order valence-electron chi connectivity index (χ2n) is 4.81. The van der Waals surface area contributed by atoms with Crippen LogP contribution in [0.15, 0.2) is 42.5 Å². The van der Waals surface area contributed by atoms with E-state index >= 15 is 0 Å². The first-order valence-corrected chi connectivity index (χ1v) is 6.73. The number of aromatic carboxylic acids is 1. The first-order valence-electron chi connectivity index (χ1n) is 6.73. The van der Waals surface area contributed by atoms with Crippen LogP contribution in [0, 0.1) is 20.2 Å². The summed E-state index contributed by atoms with van der Waals surface area (Å²) < 4.78 is 4.98. The number of hydrogen-bond donors (Lipinski definition) is 1. The summed E-state index contributed by atoms with van der Waals surface area (Å²) in [5.74, 6) is -1.90. The predicted molar refractivity (Wildman–Crippen MR) is 82.5 cm³/mol. The normalized spacial score (nSPS) is 10.1. The average Bonchev–Trinajstić information content (AvgIpc) is 2.55. The summed E-state index contributed by atoms with van der Waals surface area (Å²) in [6.45, 7) is 0. The molecule has 128 valence electrons. The van der Waals surface area contributed by atoms with E-state index in [1.807, 2.05) is 0 Å². The van der Waals surface area contributed by atoms with Crippen molar-refractivity contribution < 1.29 is 29.3 Å². The number of nitro benzene ring substituents is 2. The maximum Gasteiger partial charge on any atom is 0.335 e. The number of carbonyl (C=O) groups is 2. The van der Waals surface area contributed by atoms with E-state index in [1.165, 1.54) is 24.3 Å². The van der Waals surface area contributed by atoms with Crippen LogP contribution in [0.5, 0.6) is 5.75 Å². The van der Waals surface area contributed by atoms with Gasteiger partial charge in [-0.15, -0.1) is 0 Å². The molecule has 0 amide bonds. The first-order chi connectivity index (χ1) is 11.8. The number of ether oxygens (including phenoxy) is 1. The lowest BCUT2D eigenvalue weighted by Gasteiger charge is -2.05. The molecular formula is C15H10N2O8. The number of carbonyl (C=O) groups excluding carboxylic acids is 1. The molecule has 1 N–H and O–H groups in total. The minimum atomic E-state index is -1.14. The number of carboxylic acid groups (broad SMARTS) is 1. The van der Waals surface area contributed by atoms with E-state index in [4.69, 9.17) is 9.84 Å². The van der Waals surface area contributed by atoms with Crippen LogP contribution in [-0.4, -0.2) is 26.9 Å². The summed E-state index contributed by atoms with van der Waals surface area (Å²) in [6.07, 6.45) is -0.477. The fraction of sp³-hybridized carbons (Fsp3) is 0.0667. The molecule has 0 saturated carbocycles. The molecule has 0 radical (unpaired) electrons. The highest BCUT2D eigenvalue weighted by Gasteiger charge is 2.21. The Hall–Kier alpha value is -3.82. The van der Waals surface area contributed by atoms with Crippen molar-refractivity contribution in [2.24, 2.45) is 0 Å². The summed E-state index contributed by atoms with van der Waals surface area (Å²) in [5.41, 5.74) is -1.06. The summed E-state index contributed by atoms with van der Waals surface area (Å²) in [4.78, 5) is 42.7. The smallest absolute Gasteiger partial charge is 0.335 e. The van der Waals surface area contributed by atoms with E-state index in [9.17, 15) is 29.8 Å². The molecule has 0 aliphatic heterocycles. The topological polar surface area (TPSA) is 150 Å². The molecule has 2 rings (SSSR count). The number of non-ortho nitro benzene ring substituents is 1. The summed E-state index contributed by atoms with van der Waals surface area (Å²) in [7, 11) is 0. The molecule has 2 aromatic rings. The Morgan fingerprint density at radius 2 is 1.64 bits per heavy atom. The van der Waals surface area contributed by atoms with Gasteiger partial charge < -0.3 is 9.84 Å². The van der Waals surface area contributed by atoms with E-state index in [1.54, 1.807) is 0 Å². The third-order valence-corrected chi connectivity index (χ3v) is 3.14. The quantitative estimate of drug-likeness (QED) is 0.362. The maximum absolute atomic E-state index is 11.9. The Morgan fingerprint density at radius 1 is 1.00 bits per heavy atom. The lowest BCUT2D eigenvalue weighted by molar-refractivity contribution is -0.394. The fourth-order valence-corrected chi connectivity index (χ4v) is 1.97. The molecule has 0 fully saturated rings. The Morgan fingerprint density at radius 3 is 2.16 bits per heavy atom. The van der Waals surface area contributed by atoms with Crippen LogP contribution in [0.25, 0.3) is 0 Å². The van der Waals surface area contributed by atoms with Gasteiger partial charge in [-0.25, -0.2) is 4.79 Å². The van der Waals surface area contributed by atoms with E-state index in [-0.39, 0.29) is 16.9 Å². The number of carboxylic acids is 1. The summed E-state index contributed by atoms with van der Waals surface area (Å²) >= 11 is 0. The zero-order chi connectivity index (χ0) is 18.6. The highest BCUT2D eigenvalue weighted by molar-refractivity contribution is 5.87. The van der Waals surface area contributed by atoms with Gasteiger partial charge in [0.15, 0.2) is 0 Å². The van der Waals surface area contributed by atoms with Crippen LogP contribution in [0.3, 0.4) is 0 Å². The molecular weight excluding hydrogens is 336 g/mol. The molecule has 0 spiro atoms. The highest BCUT2D eigenvalue weighted by atomic mass is 16.6. The number of rotatable bonds is 6. The van der Waals surface area contributed by atoms with Crippen molar-refractivity contribution in [3.05, 3.63) is 73.8 Å². The number of hydrogen-bond acceptors (Lipinski definition) is 7. The highest BCUT2D eigenvalue weighted by Crippen LogP contribution is 2.25. The van der Waals surface area contributed by atoms with Crippen molar-refractivity contribution in [1.82, 2.24) is 0 Å². The van der Waals surface area contributed by atoms with Crippen LogP contribution >= 0.6 is 0 Å². The predicted octanol–water partition coefficient (Wildman–Crippen LogP) is 2.35. The van der Waals surface area contributed by atoms with E-state index in [0.717, 1.165) is 18.2 Å². The van der Waals surface area contributed by atoms with Gasteiger partial charge in [0.2, 0.25) is 0 Å². The van der Waals surface area contributed by atoms with Crippen molar-refractivity contribution in [1.29, 1.82) is 0 Å². The zero-order valence-electron chi connectivity index (χ0n) is 12.4. The van der Waals surface area contributed by atoms with Gasteiger partial charge >= 0.3 is 11.9 Å². The molecule has 2 aromatic carbocycles. The van der Waals surface area contributed by atoms with Gasteiger partial charge in [0.25, 0.3) is 11.4 Å². The van der Waals surface area contributed by atoms with Crippen molar-refractivity contribution in [3.8, 4) is 5.75 Å². The largest absolute Gasteiger partial charge is 0.478 e.